The number of imidazole rings is 1. The topological polar surface area (TPSA) is 136 Å². The third-order valence-electron chi connectivity index (χ3n) is 3.17. The fourth-order valence-electron chi connectivity index (χ4n) is 1.95. The first-order valence-corrected chi connectivity index (χ1v) is 6.51. The number of rotatable bonds is 1. The van der Waals surface area contributed by atoms with Crippen LogP contribution < -0.4 is 17.0 Å². The number of fused-ring (bicyclic) bond motifs is 1. The number of benzene rings is 1. The zero-order chi connectivity index (χ0) is 17.1. The van der Waals surface area contributed by atoms with Crippen molar-refractivity contribution in [3.63, 3.8) is 0 Å². The maximum Gasteiger partial charge on any atom is 0.337 e. The second kappa shape index (κ2) is 6.18. The van der Waals surface area contributed by atoms with E-state index in [0.717, 1.165) is 0 Å². The molecule has 0 aliphatic heterocycles. The molecule has 0 radical (unpaired) electrons. The molecule has 0 spiro atoms. The van der Waals surface area contributed by atoms with Gasteiger partial charge in [-0.05, 0) is 12.1 Å². The van der Waals surface area contributed by atoms with Gasteiger partial charge in [0, 0.05) is 19.8 Å². The van der Waals surface area contributed by atoms with Crippen LogP contribution >= 0.6 is 0 Å². The average Bonchev–Trinajstić information content (AvgIpc) is 2.88. The quantitative estimate of drug-likeness (QED) is 0.537. The molecule has 4 N–H and O–H groups in total. The van der Waals surface area contributed by atoms with Crippen LogP contribution in [0.3, 0.4) is 0 Å². The highest BCUT2D eigenvalue weighted by Gasteiger charge is 2.08. The number of nitrogens with zero attached hydrogens (tertiary/aromatic N) is 3. The smallest absolute Gasteiger partial charge is 0.337 e. The van der Waals surface area contributed by atoms with E-state index in [1.54, 1.807) is 36.9 Å². The van der Waals surface area contributed by atoms with Crippen LogP contribution in [0.15, 0.2) is 40.2 Å². The average molecular weight is 317 g/mol. The number of hydrogen-bond acceptors (Lipinski definition) is 5. The number of para-hydroxylation sites is 1. The van der Waals surface area contributed by atoms with E-state index >= 15 is 0 Å². The number of carbonyl (C=O) groups is 1. The van der Waals surface area contributed by atoms with E-state index in [1.165, 1.54) is 17.0 Å². The third kappa shape index (κ3) is 3.12. The molecule has 3 aromatic rings. The summed E-state index contributed by atoms with van der Waals surface area (Å²) in [7, 11) is 3.27. The first-order valence-electron chi connectivity index (χ1n) is 6.51. The summed E-state index contributed by atoms with van der Waals surface area (Å²) in [5.41, 5.74) is 5.75. The van der Waals surface area contributed by atoms with Gasteiger partial charge < -0.3 is 15.4 Å². The predicted octanol–water partition coefficient (Wildman–Crippen LogP) is -0.0727. The van der Waals surface area contributed by atoms with Crippen molar-refractivity contribution in [1.29, 1.82) is 0 Å². The lowest BCUT2D eigenvalue weighted by Gasteiger charge is -1.97. The van der Waals surface area contributed by atoms with Gasteiger partial charge in [0.25, 0.3) is 5.56 Å². The highest BCUT2D eigenvalue weighted by molar-refractivity contribution is 5.93. The molecule has 120 valence electrons. The van der Waals surface area contributed by atoms with Gasteiger partial charge in [-0.3, -0.25) is 14.3 Å². The summed E-state index contributed by atoms with van der Waals surface area (Å²) in [6.07, 6.45) is 1.50. The lowest BCUT2D eigenvalue weighted by molar-refractivity contribution is 0.0698. The van der Waals surface area contributed by atoms with Gasteiger partial charge in [-0.25, -0.2) is 14.6 Å². The van der Waals surface area contributed by atoms with E-state index in [9.17, 15) is 14.4 Å². The minimum absolute atomic E-state index is 0.155. The number of aromatic carboxylic acids is 1. The highest BCUT2D eigenvalue weighted by Crippen LogP contribution is 2.09. The summed E-state index contributed by atoms with van der Waals surface area (Å²) in [5.74, 6) is -0.988. The van der Waals surface area contributed by atoms with E-state index < -0.39 is 17.2 Å². The fraction of sp³-hybridized carbons (Fsp3) is 0.143. The molecule has 0 amide bonds. The highest BCUT2D eigenvalue weighted by atomic mass is 16.4. The molecular formula is C14H15N5O4. The van der Waals surface area contributed by atoms with Crippen LogP contribution in [0.5, 0.6) is 0 Å². The molecule has 1 aromatic carbocycles. The Labute approximate surface area is 129 Å². The number of carboxylic acid groups (broad SMARTS) is 1. The Hall–Kier alpha value is -3.36. The zero-order valence-electron chi connectivity index (χ0n) is 12.5. The number of aryl methyl sites for hydroxylation is 2. The van der Waals surface area contributed by atoms with Crippen LogP contribution in [0.4, 0.5) is 5.69 Å². The summed E-state index contributed by atoms with van der Waals surface area (Å²) in [4.78, 5) is 38.9. The number of aromatic amines is 1. The molecule has 0 bridgehead atoms. The van der Waals surface area contributed by atoms with E-state index in [-0.39, 0.29) is 5.56 Å². The Bertz CT molecular complexity index is 983. The number of hydrogen-bond donors (Lipinski definition) is 3. The molecule has 23 heavy (non-hydrogen) atoms. The van der Waals surface area contributed by atoms with Crippen molar-refractivity contribution in [2.75, 3.05) is 5.73 Å². The van der Waals surface area contributed by atoms with Gasteiger partial charge >= 0.3 is 11.7 Å². The SMILES string of the molecule is Cn1cnc2c1c(=O)[nH]c(=O)n2C.Nc1ccccc1C(=O)O. The van der Waals surface area contributed by atoms with Crippen molar-refractivity contribution >= 4 is 22.8 Å². The van der Waals surface area contributed by atoms with Crippen molar-refractivity contribution in [3.05, 3.63) is 57.0 Å². The van der Waals surface area contributed by atoms with Gasteiger partial charge in [0.05, 0.1) is 11.9 Å². The number of nitrogens with two attached hydrogens (primary N) is 1. The van der Waals surface area contributed by atoms with Crippen molar-refractivity contribution in [2.24, 2.45) is 14.1 Å². The Kier molecular flexibility index (Phi) is 4.30. The number of nitrogen functional groups attached to an aromatic ring is 1. The minimum atomic E-state index is -0.988. The molecule has 0 unspecified atom stereocenters. The number of aromatic nitrogens is 4. The van der Waals surface area contributed by atoms with Gasteiger partial charge in [0.15, 0.2) is 11.2 Å². The summed E-state index contributed by atoms with van der Waals surface area (Å²) in [5, 5.41) is 8.49. The van der Waals surface area contributed by atoms with Gasteiger partial charge in [-0.2, -0.15) is 0 Å². The summed E-state index contributed by atoms with van der Waals surface area (Å²) in [6.45, 7) is 0. The molecule has 0 atom stereocenters. The Morgan fingerprint density at radius 1 is 1.26 bits per heavy atom. The van der Waals surface area contributed by atoms with Crippen LogP contribution in [0.25, 0.3) is 11.2 Å². The van der Waals surface area contributed by atoms with Crippen LogP contribution in [-0.2, 0) is 14.1 Å². The lowest BCUT2D eigenvalue weighted by Crippen LogP contribution is -2.28. The zero-order valence-corrected chi connectivity index (χ0v) is 12.5. The maximum absolute atomic E-state index is 11.3. The lowest BCUT2D eigenvalue weighted by atomic mass is 10.2. The normalized spacial score (nSPS) is 10.2. The summed E-state index contributed by atoms with van der Waals surface area (Å²) >= 11 is 0. The fourth-order valence-corrected chi connectivity index (χ4v) is 1.95. The molecular weight excluding hydrogens is 302 g/mol. The van der Waals surface area contributed by atoms with Gasteiger partial charge in [-0.15, -0.1) is 0 Å². The summed E-state index contributed by atoms with van der Waals surface area (Å²) in [6, 6.07) is 6.36. The molecule has 0 saturated heterocycles. The molecule has 0 aliphatic carbocycles. The van der Waals surface area contributed by atoms with E-state index in [0.29, 0.717) is 16.9 Å². The molecule has 0 saturated carbocycles. The molecule has 0 aliphatic rings. The third-order valence-corrected chi connectivity index (χ3v) is 3.17. The molecule has 9 nitrogen and oxygen atoms in total. The monoisotopic (exact) mass is 317 g/mol. The van der Waals surface area contributed by atoms with Crippen LogP contribution in [0.2, 0.25) is 0 Å². The second-order valence-corrected chi connectivity index (χ2v) is 4.74. The van der Waals surface area contributed by atoms with E-state index in [4.69, 9.17) is 10.8 Å². The first-order chi connectivity index (χ1) is 10.8. The number of anilines is 1. The largest absolute Gasteiger partial charge is 0.478 e. The Morgan fingerprint density at radius 2 is 1.91 bits per heavy atom. The van der Waals surface area contributed by atoms with Crippen molar-refractivity contribution in [2.45, 2.75) is 0 Å². The predicted molar refractivity (Wildman–Crippen MR) is 84.4 cm³/mol. The van der Waals surface area contributed by atoms with Gasteiger partial charge in [0.1, 0.15) is 0 Å². The second-order valence-electron chi connectivity index (χ2n) is 4.74. The number of nitrogens with one attached hydrogen (secondary N) is 1. The number of H-pyrrole nitrogens is 1. The van der Waals surface area contributed by atoms with Gasteiger partial charge in [-0.1, -0.05) is 12.1 Å². The van der Waals surface area contributed by atoms with Gasteiger partial charge in [0.2, 0.25) is 0 Å². The maximum atomic E-state index is 11.3. The standard InChI is InChI=1S/C7H8N4O2.C7H7NO2/c1-10-3-8-5-4(10)6(12)9-7(13)11(5)2;8-6-4-2-1-3-5(6)7(9)10/h3H,1-2H3,(H,9,12,13);1-4H,8H2,(H,9,10). The minimum Gasteiger partial charge on any atom is -0.478 e. The molecule has 2 heterocycles. The van der Waals surface area contributed by atoms with Crippen LogP contribution in [0, 0.1) is 0 Å². The van der Waals surface area contributed by atoms with Crippen molar-refractivity contribution in [3.8, 4) is 0 Å². The van der Waals surface area contributed by atoms with Crippen molar-refractivity contribution in [1.82, 2.24) is 19.1 Å². The molecule has 9 heteroatoms. The van der Waals surface area contributed by atoms with E-state index in [2.05, 4.69) is 9.97 Å². The Balaban J connectivity index is 0.000000174. The first kappa shape index (κ1) is 16.0. The number of carboxylic acids is 1. The molecule has 2 aromatic heterocycles. The molecule has 3 rings (SSSR count). The van der Waals surface area contributed by atoms with E-state index in [1.807, 2.05) is 0 Å². The summed E-state index contributed by atoms with van der Waals surface area (Å²) < 4.78 is 2.88. The molecule has 0 fully saturated rings. The van der Waals surface area contributed by atoms with Crippen LogP contribution in [0.1, 0.15) is 10.4 Å². The Morgan fingerprint density at radius 3 is 2.48 bits per heavy atom. The van der Waals surface area contributed by atoms with Crippen LogP contribution in [-0.4, -0.2) is 30.2 Å². The van der Waals surface area contributed by atoms with Crippen molar-refractivity contribution < 1.29 is 9.90 Å².